The Morgan fingerprint density at radius 1 is 1.37 bits per heavy atom. The average Bonchev–Trinajstić information content (AvgIpc) is 2.67. The van der Waals surface area contributed by atoms with E-state index in [4.69, 9.17) is 5.73 Å². The number of aromatic nitrogens is 1. The van der Waals surface area contributed by atoms with Crippen LogP contribution in [0, 0.1) is 0 Å². The molecule has 1 saturated carbocycles. The lowest BCUT2D eigenvalue weighted by atomic mass is 9.94. The van der Waals surface area contributed by atoms with Crippen molar-refractivity contribution in [3.8, 4) is 0 Å². The van der Waals surface area contributed by atoms with Gasteiger partial charge in [0.1, 0.15) is 11.7 Å². The second-order valence-electron chi connectivity index (χ2n) is 7.24. The second-order valence-corrected chi connectivity index (χ2v) is 7.24. The third kappa shape index (κ3) is 6.92. The van der Waals surface area contributed by atoms with E-state index in [1.54, 1.807) is 19.1 Å². The summed E-state index contributed by atoms with van der Waals surface area (Å²) in [5.41, 5.74) is 6.40. The Hall–Kier alpha value is -1.99. The minimum Gasteiger partial charge on any atom is -0.390 e. The van der Waals surface area contributed by atoms with Crippen molar-refractivity contribution >= 4 is 17.6 Å². The van der Waals surface area contributed by atoms with Crippen molar-refractivity contribution in [2.75, 3.05) is 11.9 Å². The molecule has 27 heavy (non-hydrogen) atoms. The molecule has 1 aromatic heterocycles. The van der Waals surface area contributed by atoms with Crippen LogP contribution in [-0.4, -0.2) is 40.5 Å². The number of rotatable bonds is 9. The molecule has 0 bridgehead atoms. The van der Waals surface area contributed by atoms with E-state index < -0.39 is 5.91 Å². The summed E-state index contributed by atoms with van der Waals surface area (Å²) in [6.45, 7) is 4.27. The highest BCUT2D eigenvalue weighted by molar-refractivity contribution is 6.05. The van der Waals surface area contributed by atoms with Crippen LogP contribution >= 0.6 is 0 Å². The fourth-order valence-electron chi connectivity index (χ4n) is 3.49. The maximum Gasteiger partial charge on any atom is 0.282 e. The number of aliphatic imine (C=N–C) groups is 1. The Bertz CT molecular complexity index is 637. The largest absolute Gasteiger partial charge is 0.390 e. The number of nitrogens with zero attached hydrogens (tertiary/aromatic N) is 2. The van der Waals surface area contributed by atoms with Crippen molar-refractivity contribution < 1.29 is 9.90 Å². The van der Waals surface area contributed by atoms with Crippen LogP contribution in [0.25, 0.3) is 0 Å². The van der Waals surface area contributed by atoms with Crippen LogP contribution in [0.3, 0.4) is 0 Å². The van der Waals surface area contributed by atoms with Gasteiger partial charge in [0.05, 0.1) is 17.9 Å². The summed E-state index contributed by atoms with van der Waals surface area (Å²) in [7, 11) is 0. The predicted octanol–water partition coefficient (Wildman–Crippen LogP) is 2.59. The van der Waals surface area contributed by atoms with E-state index in [-0.39, 0.29) is 12.4 Å². The number of carbonyl (C=O) groups is 1. The summed E-state index contributed by atoms with van der Waals surface area (Å²) in [5, 5.41) is 16.4. The van der Waals surface area contributed by atoms with Gasteiger partial charge in [-0.1, -0.05) is 26.2 Å². The van der Waals surface area contributed by atoms with E-state index in [2.05, 4.69) is 27.5 Å². The maximum atomic E-state index is 12.3. The van der Waals surface area contributed by atoms with Crippen LogP contribution in [0.4, 0.5) is 5.82 Å². The molecular weight excluding hydrogens is 342 g/mol. The quantitative estimate of drug-likeness (QED) is 0.390. The standard InChI is InChI=1S/C20H33N5O2/c1-3-15(24-16-7-5-4-6-8-16)11-12-22-19-18(20(27)23-14(2)21)10-9-17(13-26)25-19/h9-10,15-16,24,26H,3-8,11-13H2,1-2H3,(H,22,25)(H2,21,23,27). The van der Waals surface area contributed by atoms with Crippen LogP contribution in [0.5, 0.6) is 0 Å². The summed E-state index contributed by atoms with van der Waals surface area (Å²) in [4.78, 5) is 20.4. The summed E-state index contributed by atoms with van der Waals surface area (Å²) >= 11 is 0. The fourth-order valence-corrected chi connectivity index (χ4v) is 3.49. The number of aliphatic hydroxyl groups is 1. The molecule has 1 amide bonds. The van der Waals surface area contributed by atoms with Gasteiger partial charge in [-0.25, -0.2) is 4.98 Å². The van der Waals surface area contributed by atoms with Crippen molar-refractivity contribution in [2.45, 2.75) is 77.5 Å². The fraction of sp³-hybridized carbons (Fsp3) is 0.650. The zero-order chi connectivity index (χ0) is 19.6. The summed E-state index contributed by atoms with van der Waals surface area (Å²) < 4.78 is 0. The van der Waals surface area contributed by atoms with Gasteiger partial charge >= 0.3 is 0 Å². The first-order valence-corrected chi connectivity index (χ1v) is 9.99. The Kier molecular flexibility index (Phi) is 8.67. The van der Waals surface area contributed by atoms with Crippen LogP contribution in [0.15, 0.2) is 17.1 Å². The molecule has 0 spiro atoms. The number of carbonyl (C=O) groups excluding carboxylic acids is 1. The number of amidine groups is 1. The van der Waals surface area contributed by atoms with E-state index >= 15 is 0 Å². The number of amides is 1. The molecule has 1 fully saturated rings. The smallest absolute Gasteiger partial charge is 0.282 e. The third-order valence-corrected chi connectivity index (χ3v) is 4.98. The molecule has 1 unspecified atom stereocenters. The zero-order valence-electron chi connectivity index (χ0n) is 16.5. The SMILES string of the molecule is CCC(CCNc1nc(CO)ccc1C(=O)N=C(C)N)NC1CCCCC1. The molecule has 150 valence electrons. The molecule has 7 nitrogen and oxygen atoms in total. The Morgan fingerprint density at radius 2 is 2.11 bits per heavy atom. The number of hydrogen-bond acceptors (Lipinski definition) is 5. The Balaban J connectivity index is 1.98. The molecule has 1 atom stereocenters. The van der Waals surface area contributed by atoms with Gasteiger partial charge in [-0.05, 0) is 44.7 Å². The highest BCUT2D eigenvalue weighted by Crippen LogP contribution is 2.19. The average molecular weight is 376 g/mol. The van der Waals surface area contributed by atoms with Crippen LogP contribution < -0.4 is 16.4 Å². The molecule has 0 radical (unpaired) electrons. The lowest BCUT2D eigenvalue weighted by Gasteiger charge is -2.28. The number of hydrogen-bond donors (Lipinski definition) is 4. The molecule has 7 heteroatoms. The maximum absolute atomic E-state index is 12.3. The van der Waals surface area contributed by atoms with Gasteiger partial charge in [-0.2, -0.15) is 4.99 Å². The van der Waals surface area contributed by atoms with Gasteiger partial charge in [0.2, 0.25) is 0 Å². The Labute approximate surface area is 161 Å². The second kappa shape index (κ2) is 11.0. The van der Waals surface area contributed by atoms with Crippen molar-refractivity contribution in [1.29, 1.82) is 0 Å². The third-order valence-electron chi connectivity index (χ3n) is 4.98. The first-order valence-electron chi connectivity index (χ1n) is 9.99. The summed E-state index contributed by atoms with van der Waals surface area (Å²) in [6.07, 6.45) is 8.51. The molecule has 0 saturated heterocycles. The van der Waals surface area contributed by atoms with Crippen LogP contribution in [0.2, 0.25) is 0 Å². The number of pyridine rings is 1. The van der Waals surface area contributed by atoms with Gasteiger partial charge in [0.25, 0.3) is 5.91 Å². The topological polar surface area (TPSA) is 113 Å². The molecule has 1 aliphatic carbocycles. The van der Waals surface area contributed by atoms with E-state index in [0.29, 0.717) is 35.7 Å². The highest BCUT2D eigenvalue weighted by atomic mass is 16.3. The number of nitrogens with two attached hydrogens (primary N) is 1. The molecule has 1 aliphatic rings. The number of nitrogens with one attached hydrogen (secondary N) is 2. The van der Waals surface area contributed by atoms with Gasteiger partial charge in [0, 0.05) is 18.6 Å². The summed E-state index contributed by atoms with van der Waals surface area (Å²) in [6, 6.07) is 4.32. The first kappa shape index (κ1) is 21.3. The molecule has 1 aromatic rings. The minimum atomic E-state index is -0.429. The zero-order valence-corrected chi connectivity index (χ0v) is 16.5. The predicted molar refractivity (Wildman–Crippen MR) is 109 cm³/mol. The molecule has 1 heterocycles. The lowest BCUT2D eigenvalue weighted by Crippen LogP contribution is -2.40. The molecule has 5 N–H and O–H groups in total. The summed E-state index contributed by atoms with van der Waals surface area (Å²) in [5.74, 6) is 0.228. The van der Waals surface area contributed by atoms with Crippen molar-refractivity contribution in [2.24, 2.45) is 10.7 Å². The normalized spacial score (nSPS) is 16.9. The van der Waals surface area contributed by atoms with Gasteiger partial charge < -0.3 is 21.5 Å². The van der Waals surface area contributed by atoms with Crippen molar-refractivity contribution in [3.63, 3.8) is 0 Å². The number of aliphatic hydroxyl groups excluding tert-OH is 1. The lowest BCUT2D eigenvalue weighted by molar-refractivity contribution is 0.100. The van der Waals surface area contributed by atoms with E-state index in [1.165, 1.54) is 32.1 Å². The highest BCUT2D eigenvalue weighted by Gasteiger charge is 2.18. The molecular formula is C20H33N5O2. The minimum absolute atomic E-state index is 0.177. The molecule has 0 aliphatic heterocycles. The van der Waals surface area contributed by atoms with Gasteiger partial charge in [-0.15, -0.1) is 0 Å². The van der Waals surface area contributed by atoms with E-state index in [0.717, 1.165) is 12.8 Å². The first-order chi connectivity index (χ1) is 13.0. The van der Waals surface area contributed by atoms with Crippen molar-refractivity contribution in [1.82, 2.24) is 10.3 Å². The molecule has 0 aromatic carbocycles. The van der Waals surface area contributed by atoms with Crippen LogP contribution in [0.1, 0.15) is 74.8 Å². The monoisotopic (exact) mass is 375 g/mol. The van der Waals surface area contributed by atoms with Gasteiger partial charge in [-0.3, -0.25) is 4.79 Å². The van der Waals surface area contributed by atoms with Crippen molar-refractivity contribution in [3.05, 3.63) is 23.4 Å². The van der Waals surface area contributed by atoms with E-state index in [9.17, 15) is 9.90 Å². The van der Waals surface area contributed by atoms with E-state index in [1.807, 2.05) is 0 Å². The molecule has 2 rings (SSSR count). The van der Waals surface area contributed by atoms with Crippen LogP contribution in [-0.2, 0) is 6.61 Å². The Morgan fingerprint density at radius 3 is 2.74 bits per heavy atom. The number of anilines is 1. The van der Waals surface area contributed by atoms with Gasteiger partial charge in [0.15, 0.2) is 0 Å².